The van der Waals surface area contributed by atoms with E-state index in [1.165, 1.54) is 148 Å². The number of allylic oxidation sites excluding steroid dienone is 18. The Kier molecular flexibility index (Phi) is 60.8. The van der Waals surface area contributed by atoms with Crippen LogP contribution in [0, 0.1) is 0 Å². The minimum absolute atomic E-state index is 0.181. The molecule has 0 aliphatic carbocycles. The zero-order valence-corrected chi connectivity index (χ0v) is 54.3. The second-order valence-electron chi connectivity index (χ2n) is 23.7. The summed E-state index contributed by atoms with van der Waals surface area (Å²) in [6.45, 7) is 4.63. The average Bonchev–Trinajstić information content (AvgIpc) is 3.46. The smallest absolute Gasteiger partial charge is 0.361 e. The number of carboxylic acid groups (broad SMARTS) is 1. The Morgan fingerprint density at radius 1 is 0.361 bits per heavy atom. The van der Waals surface area contributed by atoms with Crippen LogP contribution in [0.2, 0.25) is 0 Å². The molecule has 0 aromatic carbocycles. The molecule has 2 atom stereocenters. The molecule has 0 aliphatic heterocycles. The van der Waals surface area contributed by atoms with Gasteiger partial charge in [-0.2, -0.15) is 0 Å². The first-order chi connectivity index (χ1) is 40.6. The summed E-state index contributed by atoms with van der Waals surface area (Å²) in [5.74, 6) is -2.03. The maximum Gasteiger partial charge on any atom is 0.361 e. The second kappa shape index (κ2) is 64.0. The molecule has 0 amide bonds. The van der Waals surface area contributed by atoms with Crippen LogP contribution in [0.15, 0.2) is 109 Å². The van der Waals surface area contributed by atoms with Crippen molar-refractivity contribution < 1.29 is 42.9 Å². The second-order valence-corrected chi connectivity index (χ2v) is 23.7. The minimum Gasteiger partial charge on any atom is -0.477 e. The fourth-order valence-corrected chi connectivity index (χ4v) is 9.39. The van der Waals surface area contributed by atoms with Gasteiger partial charge < -0.3 is 28.5 Å². The number of nitrogens with zero attached hydrogens (tertiary/aromatic N) is 1. The quantitative estimate of drug-likeness (QED) is 0.0211. The van der Waals surface area contributed by atoms with Gasteiger partial charge in [0.25, 0.3) is 6.29 Å². The molecular formula is C74H128NO8+. The molecule has 0 bridgehead atoms. The molecule has 0 radical (unpaired) electrons. The van der Waals surface area contributed by atoms with E-state index < -0.39 is 24.3 Å². The van der Waals surface area contributed by atoms with Crippen molar-refractivity contribution in [3.8, 4) is 0 Å². The number of likely N-dealkylation sites (N-methyl/N-ethyl adjacent to an activating group) is 1. The van der Waals surface area contributed by atoms with Crippen molar-refractivity contribution in [3.63, 3.8) is 0 Å². The number of quaternary nitrogens is 1. The summed E-state index contributed by atoms with van der Waals surface area (Å²) in [7, 11) is 5.96. The van der Waals surface area contributed by atoms with Crippen LogP contribution in [0.4, 0.5) is 0 Å². The summed E-state index contributed by atoms with van der Waals surface area (Å²) in [4.78, 5) is 37.5. The van der Waals surface area contributed by atoms with E-state index in [4.69, 9.17) is 18.9 Å². The van der Waals surface area contributed by atoms with Gasteiger partial charge in [0.2, 0.25) is 0 Å². The van der Waals surface area contributed by atoms with Crippen LogP contribution in [-0.2, 0) is 33.3 Å². The number of carbonyl (C=O) groups excluding carboxylic acids is 2. The van der Waals surface area contributed by atoms with Gasteiger partial charge in [0, 0.05) is 12.8 Å². The van der Waals surface area contributed by atoms with Crippen molar-refractivity contribution in [2.24, 2.45) is 0 Å². The topological polar surface area (TPSA) is 108 Å². The van der Waals surface area contributed by atoms with Gasteiger partial charge in [0.05, 0.1) is 34.4 Å². The lowest BCUT2D eigenvalue weighted by Crippen LogP contribution is -2.40. The number of rotatable bonds is 62. The van der Waals surface area contributed by atoms with Crippen molar-refractivity contribution in [1.29, 1.82) is 0 Å². The largest absolute Gasteiger partial charge is 0.477 e. The summed E-state index contributed by atoms with van der Waals surface area (Å²) >= 11 is 0. The molecule has 0 rings (SSSR count). The van der Waals surface area contributed by atoms with Crippen LogP contribution >= 0.6 is 0 Å². The lowest BCUT2D eigenvalue weighted by molar-refractivity contribution is -0.870. The molecule has 0 heterocycles. The Bertz CT molecular complexity index is 1730. The van der Waals surface area contributed by atoms with E-state index >= 15 is 0 Å². The first-order valence-electron chi connectivity index (χ1n) is 34.1. The van der Waals surface area contributed by atoms with E-state index in [1.807, 2.05) is 21.1 Å². The van der Waals surface area contributed by atoms with Crippen LogP contribution in [0.3, 0.4) is 0 Å². The predicted octanol–water partition coefficient (Wildman–Crippen LogP) is 21.0. The molecule has 0 saturated heterocycles. The van der Waals surface area contributed by atoms with Crippen LogP contribution in [0.25, 0.3) is 0 Å². The maximum atomic E-state index is 12.9. The third-order valence-electron chi connectivity index (χ3n) is 14.5. The SMILES string of the molecule is CC/C=C\C/C=C\C/C=C\C/C=C\C/C=C\CCCCCCCCCCCCCCCCCCCCCCCCCCCC(=O)OC(COC(=O)CCCCCC/C=C\C/C=C\C/C=C\C/C=C\CC)COC(OCC[N+](C)(C)C)C(=O)O. The van der Waals surface area contributed by atoms with Gasteiger partial charge in [-0.25, -0.2) is 4.79 Å². The lowest BCUT2D eigenvalue weighted by Gasteiger charge is -2.25. The molecule has 0 aliphatic rings. The number of hydrogen-bond acceptors (Lipinski definition) is 7. The van der Waals surface area contributed by atoms with Crippen LogP contribution < -0.4 is 0 Å². The van der Waals surface area contributed by atoms with E-state index in [0.29, 0.717) is 17.4 Å². The molecule has 9 nitrogen and oxygen atoms in total. The fraction of sp³-hybridized carbons (Fsp3) is 0.716. The highest BCUT2D eigenvalue weighted by molar-refractivity contribution is 5.71. The van der Waals surface area contributed by atoms with Gasteiger partial charge >= 0.3 is 17.9 Å². The molecule has 0 spiro atoms. The zero-order chi connectivity index (χ0) is 60.5. The highest BCUT2D eigenvalue weighted by Gasteiger charge is 2.25. The lowest BCUT2D eigenvalue weighted by atomic mass is 10.0. The molecule has 2 unspecified atom stereocenters. The van der Waals surface area contributed by atoms with Crippen LogP contribution in [0.5, 0.6) is 0 Å². The van der Waals surface area contributed by atoms with Crippen molar-refractivity contribution in [3.05, 3.63) is 109 Å². The molecule has 0 aromatic rings. The summed E-state index contributed by atoms with van der Waals surface area (Å²) in [5.41, 5.74) is 0. The van der Waals surface area contributed by atoms with Gasteiger partial charge in [-0.1, -0.05) is 284 Å². The molecule has 0 fully saturated rings. The van der Waals surface area contributed by atoms with Gasteiger partial charge in [0.15, 0.2) is 6.10 Å². The molecule has 0 aromatic heterocycles. The van der Waals surface area contributed by atoms with Gasteiger partial charge in [-0.15, -0.1) is 0 Å². The van der Waals surface area contributed by atoms with E-state index in [2.05, 4.69) is 123 Å². The highest BCUT2D eigenvalue weighted by Crippen LogP contribution is 2.17. The highest BCUT2D eigenvalue weighted by atomic mass is 16.7. The first-order valence-corrected chi connectivity index (χ1v) is 34.1. The normalized spacial score (nSPS) is 13.4. The molecule has 1 N–H and O–H groups in total. The predicted molar refractivity (Wildman–Crippen MR) is 355 cm³/mol. The number of hydrogen-bond donors (Lipinski definition) is 1. The standard InChI is InChI=1S/C74H127NO8/c1-6-8-10-12-14-16-18-20-22-24-25-26-27-28-29-30-31-32-33-34-35-36-37-38-39-40-41-42-43-44-45-46-47-49-51-53-55-57-59-61-63-65-72(77)83-70(69-82-74(73(78)79)80-67-66-75(3,4)5)68-81-71(76)64-62-60-58-56-54-52-50-48-23-21-19-17-15-13-11-9-7-2/h8-11,14-17,20-23,25-26,28-29,50,52,70,74H,6-7,12-13,18-19,24,27,30-49,51,53-69H2,1-5H3/p+1/b10-8-,11-9-,16-14-,17-15-,22-20-,23-21-,26-25-,29-28-,52-50-. The Labute approximate surface area is 511 Å². The van der Waals surface area contributed by atoms with E-state index in [0.717, 1.165) is 103 Å². The summed E-state index contributed by atoms with van der Waals surface area (Å²) in [6.07, 6.45) is 86.5. The van der Waals surface area contributed by atoms with E-state index in [1.54, 1.807) is 0 Å². The van der Waals surface area contributed by atoms with Crippen molar-refractivity contribution in [1.82, 2.24) is 0 Å². The number of carboxylic acids is 1. The monoisotopic (exact) mass is 1160 g/mol. The fourth-order valence-electron chi connectivity index (χ4n) is 9.39. The number of carbonyl (C=O) groups is 3. The van der Waals surface area contributed by atoms with Gasteiger partial charge in [0.1, 0.15) is 13.2 Å². The number of unbranched alkanes of at least 4 members (excludes halogenated alkanes) is 29. The van der Waals surface area contributed by atoms with Crippen molar-refractivity contribution >= 4 is 17.9 Å². The zero-order valence-electron chi connectivity index (χ0n) is 54.3. The van der Waals surface area contributed by atoms with Gasteiger partial charge in [-0.3, -0.25) is 9.59 Å². The Morgan fingerprint density at radius 3 is 0.964 bits per heavy atom. The number of esters is 2. The third kappa shape index (κ3) is 65.3. The third-order valence-corrected chi connectivity index (χ3v) is 14.5. The van der Waals surface area contributed by atoms with Crippen molar-refractivity contribution in [2.45, 2.75) is 296 Å². The average molecular weight is 1160 g/mol. The van der Waals surface area contributed by atoms with Crippen molar-refractivity contribution in [2.75, 3.05) is 47.5 Å². The van der Waals surface area contributed by atoms with E-state index in [9.17, 15) is 19.5 Å². The summed E-state index contributed by atoms with van der Waals surface area (Å²) < 4.78 is 22.9. The molecule has 476 valence electrons. The van der Waals surface area contributed by atoms with E-state index in [-0.39, 0.29) is 38.6 Å². The minimum atomic E-state index is -1.52. The Morgan fingerprint density at radius 2 is 0.651 bits per heavy atom. The molecule has 0 saturated carbocycles. The van der Waals surface area contributed by atoms with Gasteiger partial charge in [-0.05, 0) is 96.3 Å². The number of ether oxygens (including phenoxy) is 4. The maximum absolute atomic E-state index is 12.9. The Hall–Kier alpha value is -4.05. The molecule has 9 heteroatoms. The molecular weight excluding hydrogens is 1030 g/mol. The summed E-state index contributed by atoms with van der Waals surface area (Å²) in [6, 6.07) is 0. The summed E-state index contributed by atoms with van der Waals surface area (Å²) in [5, 5.41) is 9.72. The van der Waals surface area contributed by atoms with Crippen LogP contribution in [0.1, 0.15) is 284 Å². The van der Waals surface area contributed by atoms with Crippen LogP contribution in [-0.4, -0.2) is 87.4 Å². The first kappa shape index (κ1) is 79.0. The Balaban J connectivity index is 3.99. The number of aliphatic carboxylic acids is 1. The molecule has 83 heavy (non-hydrogen) atoms.